The Morgan fingerprint density at radius 2 is 2.00 bits per heavy atom. The van der Waals surface area contributed by atoms with Gasteiger partial charge >= 0.3 is 0 Å². The summed E-state index contributed by atoms with van der Waals surface area (Å²) in [6, 6.07) is 6.98. The van der Waals surface area contributed by atoms with E-state index >= 15 is 0 Å². The summed E-state index contributed by atoms with van der Waals surface area (Å²) >= 11 is 0. The number of ether oxygens (including phenoxy) is 3. The van der Waals surface area contributed by atoms with Crippen molar-refractivity contribution in [2.45, 2.75) is 62.9 Å². The molecular formula is C19H24N2O4. The van der Waals surface area contributed by atoms with Crippen LogP contribution in [0.4, 0.5) is 0 Å². The number of carbonyl (C=O) groups excluding carboxylic acids is 1. The number of nitrogens with zero attached hydrogens (tertiary/aromatic N) is 1. The highest BCUT2D eigenvalue weighted by molar-refractivity contribution is 5.81. The van der Waals surface area contributed by atoms with Gasteiger partial charge in [0.2, 0.25) is 12.7 Å². The average molecular weight is 344 g/mol. The molecule has 0 unspecified atom stereocenters. The maximum atomic E-state index is 12.2. The number of rotatable bonds is 4. The lowest BCUT2D eigenvalue weighted by Gasteiger charge is -2.35. The van der Waals surface area contributed by atoms with Crippen molar-refractivity contribution in [2.75, 3.05) is 13.3 Å². The highest BCUT2D eigenvalue weighted by Gasteiger charge is 2.42. The molecule has 134 valence electrons. The predicted molar refractivity (Wildman–Crippen MR) is 90.4 cm³/mol. The van der Waals surface area contributed by atoms with Crippen molar-refractivity contribution >= 4 is 5.91 Å². The molecule has 0 spiro atoms. The van der Waals surface area contributed by atoms with Crippen molar-refractivity contribution in [3.05, 3.63) is 23.8 Å². The summed E-state index contributed by atoms with van der Waals surface area (Å²) < 4.78 is 17.0. The van der Waals surface area contributed by atoms with Crippen molar-refractivity contribution in [3.8, 4) is 11.5 Å². The Hall–Kier alpha value is -1.79. The first-order valence-corrected chi connectivity index (χ1v) is 9.35. The van der Waals surface area contributed by atoms with Crippen LogP contribution in [0.3, 0.4) is 0 Å². The number of nitrogens with one attached hydrogen (secondary N) is 1. The van der Waals surface area contributed by atoms with Crippen LogP contribution < -0.4 is 14.8 Å². The lowest BCUT2D eigenvalue weighted by atomic mass is 9.98. The van der Waals surface area contributed by atoms with Crippen molar-refractivity contribution in [1.29, 1.82) is 0 Å². The minimum Gasteiger partial charge on any atom is -0.454 e. The molecule has 3 heterocycles. The fourth-order valence-electron chi connectivity index (χ4n) is 4.20. The molecule has 0 aromatic heterocycles. The number of amides is 1. The first kappa shape index (κ1) is 15.5. The van der Waals surface area contributed by atoms with Gasteiger partial charge in [-0.2, -0.15) is 0 Å². The van der Waals surface area contributed by atoms with Gasteiger partial charge in [0.1, 0.15) is 6.10 Å². The molecule has 1 aromatic carbocycles. The molecule has 1 saturated carbocycles. The van der Waals surface area contributed by atoms with Gasteiger partial charge in [-0.3, -0.25) is 9.69 Å². The fraction of sp³-hybridized carbons (Fsp3) is 0.632. The summed E-state index contributed by atoms with van der Waals surface area (Å²) in [5.41, 5.74) is 1.23. The van der Waals surface area contributed by atoms with Crippen molar-refractivity contribution in [1.82, 2.24) is 10.2 Å². The number of fused-ring (bicyclic) bond motifs is 2. The lowest BCUT2D eigenvalue weighted by molar-refractivity contribution is -0.144. The van der Waals surface area contributed by atoms with Gasteiger partial charge in [-0.1, -0.05) is 6.07 Å². The van der Waals surface area contributed by atoms with Gasteiger partial charge in [0.05, 0.1) is 6.10 Å². The van der Waals surface area contributed by atoms with Gasteiger partial charge in [0, 0.05) is 25.2 Å². The van der Waals surface area contributed by atoms with Crippen LogP contribution in [0.15, 0.2) is 18.2 Å². The van der Waals surface area contributed by atoms with Gasteiger partial charge in [-0.05, 0) is 49.8 Å². The van der Waals surface area contributed by atoms with E-state index in [2.05, 4.69) is 22.3 Å². The Bertz CT molecular complexity index is 675. The smallest absolute Gasteiger partial charge is 0.249 e. The molecule has 4 aliphatic rings. The summed E-state index contributed by atoms with van der Waals surface area (Å²) in [5, 5.41) is 3.08. The zero-order chi connectivity index (χ0) is 16.8. The first-order chi connectivity index (χ1) is 12.3. The third-order valence-electron chi connectivity index (χ3n) is 5.70. The maximum Gasteiger partial charge on any atom is 0.249 e. The summed E-state index contributed by atoms with van der Waals surface area (Å²) in [7, 11) is 0. The largest absolute Gasteiger partial charge is 0.454 e. The SMILES string of the molecule is O=C(NC1CC1)[C@@H]1CC[C@@H]2[C@@H](CCN2Cc2ccc3c(c2)OCO3)O1. The molecular weight excluding hydrogens is 320 g/mol. The molecule has 6 heteroatoms. The molecule has 0 radical (unpaired) electrons. The van der Waals surface area contributed by atoms with Crippen LogP contribution in [0.5, 0.6) is 11.5 Å². The lowest BCUT2D eigenvalue weighted by Crippen LogP contribution is -2.48. The van der Waals surface area contributed by atoms with Crippen molar-refractivity contribution in [2.24, 2.45) is 0 Å². The Labute approximate surface area is 147 Å². The number of hydrogen-bond donors (Lipinski definition) is 1. The Balaban J connectivity index is 1.20. The van der Waals surface area contributed by atoms with Gasteiger partial charge in [0.25, 0.3) is 0 Å². The molecule has 1 amide bonds. The Morgan fingerprint density at radius 1 is 1.12 bits per heavy atom. The highest BCUT2D eigenvalue weighted by atomic mass is 16.7. The third-order valence-corrected chi connectivity index (χ3v) is 5.70. The number of benzene rings is 1. The van der Waals surface area contributed by atoms with E-state index in [0.717, 1.165) is 56.7 Å². The molecule has 6 nitrogen and oxygen atoms in total. The number of likely N-dealkylation sites (tertiary alicyclic amines) is 1. The molecule has 3 fully saturated rings. The Morgan fingerprint density at radius 3 is 2.88 bits per heavy atom. The minimum absolute atomic E-state index is 0.0928. The minimum atomic E-state index is -0.257. The van der Waals surface area contributed by atoms with E-state index in [9.17, 15) is 4.79 Å². The van der Waals surface area contributed by atoms with E-state index in [4.69, 9.17) is 14.2 Å². The van der Waals surface area contributed by atoms with Crippen LogP contribution in [0.1, 0.15) is 37.7 Å². The first-order valence-electron chi connectivity index (χ1n) is 9.35. The number of carbonyl (C=O) groups is 1. The highest BCUT2D eigenvalue weighted by Crippen LogP contribution is 2.36. The predicted octanol–water partition coefficient (Wildman–Crippen LogP) is 1.82. The number of hydrogen-bond acceptors (Lipinski definition) is 5. The monoisotopic (exact) mass is 344 g/mol. The van der Waals surface area contributed by atoms with Gasteiger partial charge < -0.3 is 19.5 Å². The molecule has 3 atom stereocenters. The van der Waals surface area contributed by atoms with Gasteiger partial charge in [0.15, 0.2) is 11.5 Å². The molecule has 0 bridgehead atoms. The van der Waals surface area contributed by atoms with Crippen LogP contribution in [0.25, 0.3) is 0 Å². The topological polar surface area (TPSA) is 60.0 Å². The van der Waals surface area contributed by atoms with Crippen LogP contribution in [0.2, 0.25) is 0 Å². The van der Waals surface area contributed by atoms with E-state index in [1.165, 1.54) is 5.56 Å². The molecule has 2 saturated heterocycles. The van der Waals surface area contributed by atoms with Crippen molar-refractivity contribution < 1.29 is 19.0 Å². The second kappa shape index (κ2) is 6.18. The standard InChI is InChI=1S/C19H24N2O4/c22-19(20-13-2-3-13)17-6-4-14-15(25-17)7-8-21(14)10-12-1-5-16-18(9-12)24-11-23-16/h1,5,9,13-15,17H,2-4,6-8,10-11H2,(H,20,22)/t14-,15-,17+/m1/s1. The van der Waals surface area contributed by atoms with Gasteiger partial charge in [-0.25, -0.2) is 0 Å². The van der Waals surface area contributed by atoms with E-state index in [-0.39, 0.29) is 18.1 Å². The van der Waals surface area contributed by atoms with Crippen LogP contribution in [0, 0.1) is 0 Å². The fourth-order valence-corrected chi connectivity index (χ4v) is 4.20. The maximum absolute atomic E-state index is 12.2. The normalized spacial score (nSPS) is 31.0. The molecule has 25 heavy (non-hydrogen) atoms. The third kappa shape index (κ3) is 3.09. The van der Waals surface area contributed by atoms with E-state index in [0.29, 0.717) is 18.9 Å². The molecule has 3 aliphatic heterocycles. The van der Waals surface area contributed by atoms with Crippen LogP contribution in [-0.4, -0.2) is 48.4 Å². The van der Waals surface area contributed by atoms with E-state index in [1.54, 1.807) is 0 Å². The molecule has 1 N–H and O–H groups in total. The van der Waals surface area contributed by atoms with Crippen LogP contribution >= 0.6 is 0 Å². The van der Waals surface area contributed by atoms with Crippen LogP contribution in [-0.2, 0) is 16.1 Å². The van der Waals surface area contributed by atoms with Gasteiger partial charge in [-0.15, -0.1) is 0 Å². The zero-order valence-corrected chi connectivity index (χ0v) is 14.3. The Kier molecular flexibility index (Phi) is 3.82. The summed E-state index contributed by atoms with van der Waals surface area (Å²) in [6.45, 7) is 2.21. The second-order valence-electron chi connectivity index (χ2n) is 7.54. The van der Waals surface area contributed by atoms with Crippen molar-refractivity contribution in [3.63, 3.8) is 0 Å². The summed E-state index contributed by atoms with van der Waals surface area (Å²) in [5.74, 6) is 1.76. The molecule has 1 aliphatic carbocycles. The summed E-state index contributed by atoms with van der Waals surface area (Å²) in [6.07, 6.45) is 5.00. The van der Waals surface area contributed by atoms with E-state index in [1.807, 2.05) is 6.07 Å². The molecule has 1 aromatic rings. The second-order valence-corrected chi connectivity index (χ2v) is 7.54. The zero-order valence-electron chi connectivity index (χ0n) is 14.3. The van der Waals surface area contributed by atoms with E-state index < -0.39 is 0 Å². The summed E-state index contributed by atoms with van der Waals surface area (Å²) in [4.78, 5) is 14.7. The average Bonchev–Trinajstić information content (AvgIpc) is 3.17. The quantitative estimate of drug-likeness (QED) is 0.903. The molecule has 5 rings (SSSR count).